The summed E-state index contributed by atoms with van der Waals surface area (Å²) < 4.78 is 8.55. The molecule has 1 N–H and O–H groups in total. The molecule has 0 spiro atoms. The molecular formula is C7H7INO-. The van der Waals surface area contributed by atoms with Crippen LogP contribution in [0.1, 0.15) is 5.56 Å². The van der Waals surface area contributed by atoms with Crippen molar-refractivity contribution in [2.75, 3.05) is 3.53 Å². The van der Waals surface area contributed by atoms with Crippen LogP contribution in [0.4, 0.5) is 5.69 Å². The van der Waals surface area contributed by atoms with E-state index in [2.05, 4.69) is 15.7 Å². The molecule has 1 heterocycles. The Hall–Kier alpha value is -0.290. The van der Waals surface area contributed by atoms with Gasteiger partial charge in [0.15, 0.2) is 0 Å². The minimum atomic E-state index is -0.224. The van der Waals surface area contributed by atoms with Crippen molar-refractivity contribution in [3.8, 4) is 0 Å². The van der Waals surface area contributed by atoms with Crippen molar-refractivity contribution in [2.24, 2.45) is 0 Å². The summed E-state index contributed by atoms with van der Waals surface area (Å²) in [5.74, 6) is 0. The van der Waals surface area contributed by atoms with Gasteiger partial charge in [0.1, 0.15) is 0 Å². The standard InChI is InChI=1S/C7H7INO/c1-2-4-7-6(3-1)5-10-8-9-7/h1-4,9H,5H2/q-1. The topological polar surface area (TPSA) is 21.3 Å². The van der Waals surface area contributed by atoms with Gasteiger partial charge in [-0.1, -0.05) is 0 Å². The first kappa shape index (κ1) is 6.42. The van der Waals surface area contributed by atoms with Crippen LogP contribution in [0.15, 0.2) is 24.3 Å². The van der Waals surface area contributed by atoms with E-state index in [1.54, 1.807) is 0 Å². The molecule has 0 atom stereocenters. The van der Waals surface area contributed by atoms with Crippen molar-refractivity contribution in [2.45, 2.75) is 6.61 Å². The fraction of sp³-hybridized carbons (Fsp3) is 0.143. The summed E-state index contributed by atoms with van der Waals surface area (Å²) >= 11 is -0.224. The van der Waals surface area contributed by atoms with Gasteiger partial charge in [-0.05, 0) is 0 Å². The number of fused-ring (bicyclic) bond motifs is 1. The number of benzene rings is 1. The fourth-order valence-electron chi connectivity index (χ4n) is 0.893. The van der Waals surface area contributed by atoms with E-state index >= 15 is 0 Å². The van der Waals surface area contributed by atoms with Crippen molar-refractivity contribution in [1.29, 1.82) is 0 Å². The fourth-order valence-corrected chi connectivity index (χ4v) is 2.30. The van der Waals surface area contributed by atoms with E-state index in [-0.39, 0.29) is 21.9 Å². The van der Waals surface area contributed by atoms with E-state index in [1.807, 2.05) is 12.1 Å². The van der Waals surface area contributed by atoms with Crippen LogP contribution in [0.25, 0.3) is 0 Å². The maximum absolute atomic E-state index is 5.29. The van der Waals surface area contributed by atoms with Gasteiger partial charge < -0.3 is 0 Å². The third kappa shape index (κ3) is 1.11. The Morgan fingerprint density at radius 1 is 1.40 bits per heavy atom. The van der Waals surface area contributed by atoms with E-state index in [0.29, 0.717) is 0 Å². The monoisotopic (exact) mass is 248 g/mol. The predicted octanol–water partition coefficient (Wildman–Crippen LogP) is -1.45. The van der Waals surface area contributed by atoms with Gasteiger partial charge >= 0.3 is 70.6 Å². The SMILES string of the molecule is c1ccc2c(c1)CO[I-]N2. The molecule has 0 aromatic heterocycles. The van der Waals surface area contributed by atoms with E-state index in [4.69, 9.17) is 3.07 Å². The molecule has 0 saturated carbocycles. The van der Waals surface area contributed by atoms with Crippen molar-refractivity contribution in [3.05, 3.63) is 29.8 Å². The Balaban J connectivity index is 2.41. The number of anilines is 1. The van der Waals surface area contributed by atoms with Crippen LogP contribution >= 0.6 is 0 Å². The quantitative estimate of drug-likeness (QED) is 0.448. The molecule has 0 bridgehead atoms. The molecule has 1 aromatic rings. The number of hydrogen-bond donors (Lipinski definition) is 1. The third-order valence-corrected chi connectivity index (χ3v) is 2.85. The second-order valence-electron chi connectivity index (χ2n) is 2.08. The summed E-state index contributed by atoms with van der Waals surface area (Å²) in [5, 5.41) is 0. The molecule has 1 aliphatic heterocycles. The molecule has 0 radical (unpaired) electrons. The second-order valence-corrected chi connectivity index (χ2v) is 3.68. The minimum absolute atomic E-state index is 0.224. The zero-order chi connectivity index (χ0) is 6.81. The van der Waals surface area contributed by atoms with Gasteiger partial charge in [-0.3, -0.25) is 0 Å². The molecule has 3 heteroatoms. The summed E-state index contributed by atoms with van der Waals surface area (Å²) in [5.41, 5.74) is 2.52. The molecule has 2 rings (SSSR count). The summed E-state index contributed by atoms with van der Waals surface area (Å²) in [6, 6.07) is 8.26. The van der Waals surface area contributed by atoms with Crippen molar-refractivity contribution in [3.63, 3.8) is 0 Å². The van der Waals surface area contributed by atoms with Gasteiger partial charge in [0, 0.05) is 0 Å². The zero-order valence-corrected chi connectivity index (χ0v) is 7.46. The molecule has 0 aliphatic carbocycles. The van der Waals surface area contributed by atoms with Gasteiger partial charge in [0.2, 0.25) is 0 Å². The average molecular weight is 248 g/mol. The molecule has 0 amide bonds. The number of rotatable bonds is 0. The van der Waals surface area contributed by atoms with E-state index in [0.717, 1.165) is 6.61 Å². The van der Waals surface area contributed by atoms with Gasteiger partial charge in [-0.15, -0.1) is 0 Å². The van der Waals surface area contributed by atoms with Crippen LogP contribution in [0.2, 0.25) is 0 Å². The van der Waals surface area contributed by atoms with Crippen molar-refractivity contribution in [1.82, 2.24) is 0 Å². The Morgan fingerprint density at radius 3 is 3.20 bits per heavy atom. The predicted molar refractivity (Wildman–Crippen MR) is 34.9 cm³/mol. The molecular weight excluding hydrogens is 241 g/mol. The van der Waals surface area contributed by atoms with Crippen LogP contribution in [-0.2, 0) is 9.67 Å². The van der Waals surface area contributed by atoms with Crippen molar-refractivity contribution < 1.29 is 25.0 Å². The van der Waals surface area contributed by atoms with Crippen LogP contribution in [-0.4, -0.2) is 0 Å². The van der Waals surface area contributed by atoms with E-state index in [9.17, 15) is 0 Å². The molecule has 0 saturated heterocycles. The Bertz CT molecular complexity index is 214. The van der Waals surface area contributed by atoms with Crippen LogP contribution in [0.5, 0.6) is 0 Å². The van der Waals surface area contributed by atoms with Gasteiger partial charge in [-0.25, -0.2) is 0 Å². The molecule has 0 fully saturated rings. The number of para-hydroxylation sites is 1. The Labute approximate surface area is 70.7 Å². The first-order chi connectivity index (χ1) is 4.97. The first-order valence-corrected chi connectivity index (χ1v) is 5.02. The van der Waals surface area contributed by atoms with Gasteiger partial charge in [0.25, 0.3) is 0 Å². The normalized spacial score (nSPS) is 16.4. The first-order valence-electron chi connectivity index (χ1n) is 3.06. The average Bonchev–Trinajstić information content (AvgIpc) is 2.05. The van der Waals surface area contributed by atoms with Crippen molar-refractivity contribution >= 4 is 5.69 Å². The number of halogens is 1. The summed E-state index contributed by atoms with van der Waals surface area (Å²) in [6.07, 6.45) is 0. The molecule has 0 unspecified atom stereocenters. The van der Waals surface area contributed by atoms with Crippen LogP contribution in [0.3, 0.4) is 0 Å². The van der Waals surface area contributed by atoms with E-state index < -0.39 is 0 Å². The second kappa shape index (κ2) is 2.75. The summed E-state index contributed by atoms with van der Waals surface area (Å²) in [6.45, 7) is 0.788. The Morgan fingerprint density at radius 2 is 2.30 bits per heavy atom. The molecule has 1 aromatic carbocycles. The molecule has 2 nitrogen and oxygen atoms in total. The van der Waals surface area contributed by atoms with Crippen LogP contribution in [0, 0.1) is 0 Å². The molecule has 1 aliphatic rings. The third-order valence-electron chi connectivity index (χ3n) is 1.42. The number of hydrogen-bond acceptors (Lipinski definition) is 2. The Kier molecular flexibility index (Phi) is 1.77. The summed E-state index contributed by atoms with van der Waals surface area (Å²) in [4.78, 5) is 0. The molecule has 10 heavy (non-hydrogen) atoms. The van der Waals surface area contributed by atoms with Gasteiger partial charge in [0.05, 0.1) is 0 Å². The number of nitrogens with one attached hydrogen (secondary N) is 1. The maximum atomic E-state index is 5.29. The van der Waals surface area contributed by atoms with E-state index in [1.165, 1.54) is 11.3 Å². The molecule has 54 valence electrons. The van der Waals surface area contributed by atoms with Gasteiger partial charge in [-0.2, -0.15) is 0 Å². The van der Waals surface area contributed by atoms with Crippen LogP contribution < -0.4 is 25.4 Å². The zero-order valence-electron chi connectivity index (χ0n) is 5.30. The summed E-state index contributed by atoms with van der Waals surface area (Å²) in [7, 11) is 0.